The van der Waals surface area contributed by atoms with Gasteiger partial charge in [0.2, 0.25) is 0 Å². The fraction of sp³-hybridized carbons (Fsp3) is 0.143. The molecule has 0 saturated carbocycles. The molecule has 1 rings (SSSR count). The van der Waals surface area contributed by atoms with Crippen molar-refractivity contribution in [3.05, 3.63) is 30.3 Å². The van der Waals surface area contributed by atoms with E-state index in [0.29, 0.717) is 0 Å². The molecule has 1 aromatic rings. The summed E-state index contributed by atoms with van der Waals surface area (Å²) in [6, 6.07) is 9.75. The summed E-state index contributed by atoms with van der Waals surface area (Å²) < 4.78 is 5.14. The van der Waals surface area contributed by atoms with E-state index in [4.69, 9.17) is 15.5 Å². The highest BCUT2D eigenvalue weighted by Gasteiger charge is 2.30. The lowest BCUT2D eigenvalue weighted by Gasteiger charge is -2.13. The van der Waals surface area contributed by atoms with Crippen molar-refractivity contribution in [3.63, 3.8) is 0 Å². The Hall–Kier alpha value is 0.167. The van der Waals surface area contributed by atoms with E-state index in [-0.39, 0.29) is 0 Å². The van der Waals surface area contributed by atoms with Crippen molar-refractivity contribution in [2.75, 3.05) is 7.11 Å². The summed E-state index contributed by atoms with van der Waals surface area (Å²) in [4.78, 5) is 0. The van der Waals surface area contributed by atoms with E-state index in [2.05, 4.69) is 15.3 Å². The third kappa shape index (κ3) is 2.30. The van der Waals surface area contributed by atoms with Gasteiger partial charge >= 0.3 is 6.25 Å². The molecule has 0 aliphatic rings. The minimum absolute atomic E-state index is 1.03. The fourth-order valence-corrected chi connectivity index (χ4v) is 2.74. The normalized spacial score (nSPS) is 15.9. The minimum atomic E-state index is -2.27. The summed E-state index contributed by atoms with van der Waals surface area (Å²) in [6.45, 7) is 0. The Morgan fingerprint density at radius 2 is 1.91 bits per heavy atom. The molecule has 0 bridgehead atoms. The third-order valence-electron chi connectivity index (χ3n) is 1.37. The standard InChI is InChI=1S/C7H8BrClOSi/c1-10-11(8,9)7-5-3-2-4-6-7/h2-6H,1H3. The second-order valence-corrected chi connectivity index (χ2v) is 10.4. The summed E-state index contributed by atoms with van der Waals surface area (Å²) in [5.74, 6) is 0. The van der Waals surface area contributed by atoms with Gasteiger partial charge in [0.05, 0.1) is 0 Å². The van der Waals surface area contributed by atoms with Crippen molar-refractivity contribution >= 4 is 37.8 Å². The van der Waals surface area contributed by atoms with E-state index in [0.717, 1.165) is 5.19 Å². The largest absolute Gasteiger partial charge is 0.396 e. The summed E-state index contributed by atoms with van der Waals surface area (Å²) in [5, 5.41) is 1.03. The molecule has 0 aliphatic carbocycles. The lowest BCUT2D eigenvalue weighted by Crippen LogP contribution is -2.37. The second kappa shape index (κ2) is 3.71. The Morgan fingerprint density at radius 1 is 1.36 bits per heavy atom. The first-order valence-corrected chi connectivity index (χ1v) is 8.33. The van der Waals surface area contributed by atoms with Crippen LogP contribution in [0.15, 0.2) is 30.3 Å². The lowest BCUT2D eigenvalue weighted by atomic mass is 10.4. The predicted octanol–water partition coefficient (Wildman–Crippen LogP) is 2.11. The zero-order valence-electron chi connectivity index (χ0n) is 6.05. The molecule has 1 atom stereocenters. The maximum atomic E-state index is 6.08. The van der Waals surface area contributed by atoms with Gasteiger partial charge in [-0.25, -0.2) is 0 Å². The van der Waals surface area contributed by atoms with Crippen LogP contribution in [0.3, 0.4) is 0 Å². The highest BCUT2D eigenvalue weighted by Crippen LogP contribution is 2.17. The van der Waals surface area contributed by atoms with Crippen LogP contribution in [-0.2, 0) is 4.43 Å². The van der Waals surface area contributed by atoms with E-state index >= 15 is 0 Å². The summed E-state index contributed by atoms with van der Waals surface area (Å²) in [6.07, 6.45) is -2.27. The molecule has 0 amide bonds. The molecule has 1 aromatic carbocycles. The van der Waals surface area contributed by atoms with Crippen LogP contribution in [0.4, 0.5) is 0 Å². The topological polar surface area (TPSA) is 9.23 Å². The first-order valence-electron chi connectivity index (χ1n) is 3.15. The smallest absolute Gasteiger partial charge is 0.395 e. The Morgan fingerprint density at radius 3 is 2.36 bits per heavy atom. The number of halogens is 2. The summed E-state index contributed by atoms with van der Waals surface area (Å²) in [5.41, 5.74) is 0. The van der Waals surface area contributed by atoms with Crippen molar-refractivity contribution in [1.82, 2.24) is 0 Å². The predicted molar refractivity (Wildman–Crippen MR) is 53.6 cm³/mol. The zero-order valence-corrected chi connectivity index (χ0v) is 9.39. The quantitative estimate of drug-likeness (QED) is 0.578. The Kier molecular flexibility index (Phi) is 3.13. The molecule has 0 saturated heterocycles. The van der Waals surface area contributed by atoms with Gasteiger partial charge in [-0.05, 0) is 5.19 Å². The summed E-state index contributed by atoms with van der Waals surface area (Å²) >= 11 is 9.45. The van der Waals surface area contributed by atoms with Crippen molar-refractivity contribution in [1.29, 1.82) is 0 Å². The molecule has 0 fully saturated rings. The van der Waals surface area contributed by atoms with Crippen molar-refractivity contribution in [3.8, 4) is 0 Å². The first-order chi connectivity index (χ1) is 5.17. The SMILES string of the molecule is CO[Si](Cl)(Br)c1ccccc1. The monoisotopic (exact) mass is 250 g/mol. The average Bonchev–Trinajstić information content (AvgIpc) is 2.06. The fourth-order valence-electron chi connectivity index (χ4n) is 0.750. The van der Waals surface area contributed by atoms with Gasteiger partial charge in [0.25, 0.3) is 0 Å². The van der Waals surface area contributed by atoms with Crippen LogP contribution in [0.1, 0.15) is 0 Å². The Balaban J connectivity index is 2.93. The third-order valence-corrected chi connectivity index (χ3v) is 6.35. The van der Waals surface area contributed by atoms with E-state index in [9.17, 15) is 0 Å². The molecule has 1 unspecified atom stereocenters. The van der Waals surface area contributed by atoms with Gasteiger partial charge < -0.3 is 4.43 Å². The minimum Gasteiger partial charge on any atom is -0.396 e. The maximum absolute atomic E-state index is 6.08. The van der Waals surface area contributed by atoms with Crippen molar-refractivity contribution < 1.29 is 4.43 Å². The van der Waals surface area contributed by atoms with Crippen LogP contribution in [0.2, 0.25) is 0 Å². The van der Waals surface area contributed by atoms with Crippen LogP contribution >= 0.6 is 26.4 Å². The molecule has 0 aromatic heterocycles. The zero-order chi connectivity index (χ0) is 8.32. The Bertz CT molecular complexity index is 227. The maximum Gasteiger partial charge on any atom is 0.395 e. The van der Waals surface area contributed by atoms with E-state index in [1.807, 2.05) is 30.3 Å². The highest BCUT2D eigenvalue weighted by molar-refractivity contribution is 9.27. The molecule has 11 heavy (non-hydrogen) atoms. The van der Waals surface area contributed by atoms with Crippen LogP contribution < -0.4 is 5.19 Å². The van der Waals surface area contributed by atoms with E-state index < -0.39 is 6.25 Å². The van der Waals surface area contributed by atoms with Crippen molar-refractivity contribution in [2.45, 2.75) is 0 Å². The molecular formula is C7H8BrClOSi. The van der Waals surface area contributed by atoms with Gasteiger partial charge in [0, 0.05) is 7.11 Å². The van der Waals surface area contributed by atoms with Gasteiger partial charge in [0.15, 0.2) is 0 Å². The average molecular weight is 252 g/mol. The molecule has 0 aliphatic heterocycles. The van der Waals surface area contributed by atoms with Crippen LogP contribution in [0.5, 0.6) is 0 Å². The molecular weight excluding hydrogens is 244 g/mol. The molecule has 60 valence electrons. The van der Waals surface area contributed by atoms with Crippen LogP contribution in [0, 0.1) is 0 Å². The van der Waals surface area contributed by atoms with Gasteiger partial charge in [-0.3, -0.25) is 0 Å². The van der Waals surface area contributed by atoms with Crippen LogP contribution in [0.25, 0.3) is 0 Å². The van der Waals surface area contributed by atoms with Crippen LogP contribution in [-0.4, -0.2) is 13.4 Å². The van der Waals surface area contributed by atoms with E-state index in [1.54, 1.807) is 7.11 Å². The molecule has 1 nitrogen and oxygen atoms in total. The highest BCUT2D eigenvalue weighted by atomic mass is 79.9. The van der Waals surface area contributed by atoms with Gasteiger partial charge in [-0.1, -0.05) is 45.6 Å². The van der Waals surface area contributed by atoms with Gasteiger partial charge in [0.1, 0.15) is 0 Å². The number of hydrogen-bond donors (Lipinski definition) is 0. The second-order valence-electron chi connectivity index (χ2n) is 2.09. The Labute approximate surface area is 79.7 Å². The van der Waals surface area contributed by atoms with Gasteiger partial charge in [-0.2, -0.15) is 0 Å². The van der Waals surface area contributed by atoms with Crippen molar-refractivity contribution in [2.24, 2.45) is 0 Å². The molecule has 0 N–H and O–H groups in total. The number of hydrogen-bond acceptors (Lipinski definition) is 1. The molecule has 0 spiro atoms. The van der Waals surface area contributed by atoms with E-state index in [1.165, 1.54) is 0 Å². The lowest BCUT2D eigenvalue weighted by molar-refractivity contribution is 0.440. The molecule has 0 heterocycles. The molecule has 0 radical (unpaired) electrons. The summed E-state index contributed by atoms with van der Waals surface area (Å²) in [7, 11) is 1.61. The number of benzene rings is 1. The van der Waals surface area contributed by atoms with Gasteiger partial charge in [-0.15, -0.1) is 11.1 Å². The first kappa shape index (κ1) is 9.26. The number of rotatable bonds is 2. The molecule has 4 heteroatoms.